The summed E-state index contributed by atoms with van der Waals surface area (Å²) in [6.45, 7) is 9.71. The summed E-state index contributed by atoms with van der Waals surface area (Å²) in [6.07, 6.45) is 1.23. The fourth-order valence-corrected chi connectivity index (χ4v) is 0.754. The highest BCUT2D eigenvalue weighted by Gasteiger charge is 2.21. The van der Waals surface area contributed by atoms with E-state index in [1.165, 1.54) is 6.42 Å². The Labute approximate surface area is 58.6 Å². The third kappa shape index (κ3) is 2.35. The quantitative estimate of drug-likeness (QED) is 0.620. The Hall–Kier alpha value is -0.0400. The van der Waals surface area contributed by atoms with Crippen LogP contribution < -0.4 is 5.73 Å². The highest BCUT2D eigenvalue weighted by atomic mass is 14.6. The second-order valence-corrected chi connectivity index (χ2v) is 3.50. The Morgan fingerprint density at radius 2 is 1.89 bits per heavy atom. The van der Waals surface area contributed by atoms with Gasteiger partial charge in [0.2, 0.25) is 0 Å². The van der Waals surface area contributed by atoms with Crippen LogP contribution in [-0.4, -0.2) is 6.54 Å². The molecule has 1 atom stereocenters. The van der Waals surface area contributed by atoms with Crippen molar-refractivity contribution in [2.24, 2.45) is 17.1 Å². The lowest BCUT2D eigenvalue weighted by atomic mass is 9.79. The molecule has 0 saturated heterocycles. The molecule has 0 rings (SSSR count). The standard InChI is InChI=1S/C8H19N/c1-5-7(2)8(3,4)6-9/h7H,5-6,9H2,1-4H3/t7-/m0/s1. The SMILES string of the molecule is CC[C@H](C)C(C)(C)CN. The van der Waals surface area contributed by atoms with Crippen molar-refractivity contribution < 1.29 is 0 Å². The first kappa shape index (κ1) is 8.96. The van der Waals surface area contributed by atoms with E-state index in [-0.39, 0.29) is 0 Å². The van der Waals surface area contributed by atoms with Gasteiger partial charge in [-0.1, -0.05) is 34.1 Å². The fourth-order valence-electron chi connectivity index (χ4n) is 0.754. The molecule has 0 aliphatic rings. The van der Waals surface area contributed by atoms with Crippen LogP contribution in [0.3, 0.4) is 0 Å². The molecule has 0 aromatic carbocycles. The third-order valence-electron chi connectivity index (χ3n) is 2.47. The summed E-state index contributed by atoms with van der Waals surface area (Å²) in [7, 11) is 0. The first-order valence-electron chi connectivity index (χ1n) is 3.74. The molecular formula is C8H19N. The monoisotopic (exact) mass is 129 g/mol. The van der Waals surface area contributed by atoms with Crippen LogP contribution in [0, 0.1) is 11.3 Å². The summed E-state index contributed by atoms with van der Waals surface area (Å²) in [5.41, 5.74) is 5.91. The van der Waals surface area contributed by atoms with E-state index in [9.17, 15) is 0 Å². The molecule has 0 unspecified atom stereocenters. The van der Waals surface area contributed by atoms with E-state index in [1.54, 1.807) is 0 Å². The van der Waals surface area contributed by atoms with Crippen LogP contribution in [0.1, 0.15) is 34.1 Å². The highest BCUT2D eigenvalue weighted by Crippen LogP contribution is 2.26. The first-order valence-corrected chi connectivity index (χ1v) is 3.74. The number of rotatable bonds is 3. The zero-order valence-electron chi connectivity index (χ0n) is 7.07. The summed E-state index contributed by atoms with van der Waals surface area (Å²) >= 11 is 0. The molecule has 9 heavy (non-hydrogen) atoms. The van der Waals surface area contributed by atoms with E-state index < -0.39 is 0 Å². The molecule has 0 spiro atoms. The molecule has 0 amide bonds. The fraction of sp³-hybridized carbons (Fsp3) is 1.00. The summed E-state index contributed by atoms with van der Waals surface area (Å²) in [5.74, 6) is 0.738. The minimum Gasteiger partial charge on any atom is -0.330 e. The Kier molecular flexibility index (Phi) is 3.20. The van der Waals surface area contributed by atoms with Crippen LogP contribution in [-0.2, 0) is 0 Å². The average molecular weight is 129 g/mol. The van der Waals surface area contributed by atoms with Gasteiger partial charge in [0.25, 0.3) is 0 Å². The molecule has 0 aliphatic heterocycles. The average Bonchev–Trinajstić information content (AvgIpc) is 1.86. The smallest absolute Gasteiger partial charge is 0.00233 e. The first-order chi connectivity index (χ1) is 4.04. The minimum absolute atomic E-state index is 0.328. The second kappa shape index (κ2) is 3.21. The molecule has 1 heteroatoms. The molecule has 0 heterocycles. The van der Waals surface area contributed by atoms with Gasteiger partial charge in [-0.15, -0.1) is 0 Å². The van der Waals surface area contributed by atoms with Gasteiger partial charge in [0.05, 0.1) is 0 Å². The summed E-state index contributed by atoms with van der Waals surface area (Å²) in [6, 6.07) is 0. The molecule has 1 nitrogen and oxygen atoms in total. The van der Waals surface area contributed by atoms with Gasteiger partial charge in [0, 0.05) is 0 Å². The Bertz CT molecular complexity index is 76.6. The molecule has 2 N–H and O–H groups in total. The predicted octanol–water partition coefficient (Wildman–Crippen LogP) is 2.02. The van der Waals surface area contributed by atoms with Gasteiger partial charge in [-0.05, 0) is 17.9 Å². The number of hydrogen-bond donors (Lipinski definition) is 1. The second-order valence-electron chi connectivity index (χ2n) is 3.50. The topological polar surface area (TPSA) is 26.0 Å². The summed E-state index contributed by atoms with van der Waals surface area (Å²) in [5, 5.41) is 0. The van der Waals surface area contributed by atoms with Crippen molar-refractivity contribution in [3.63, 3.8) is 0 Å². The summed E-state index contributed by atoms with van der Waals surface area (Å²) in [4.78, 5) is 0. The Morgan fingerprint density at radius 1 is 1.44 bits per heavy atom. The lowest BCUT2D eigenvalue weighted by molar-refractivity contribution is 0.235. The van der Waals surface area contributed by atoms with E-state index in [0.717, 1.165) is 12.5 Å². The lowest BCUT2D eigenvalue weighted by Gasteiger charge is -2.29. The molecule has 0 saturated carbocycles. The van der Waals surface area contributed by atoms with Crippen molar-refractivity contribution in [3.05, 3.63) is 0 Å². The maximum absolute atomic E-state index is 5.58. The van der Waals surface area contributed by atoms with Gasteiger partial charge in [-0.25, -0.2) is 0 Å². The van der Waals surface area contributed by atoms with Crippen LogP contribution in [0.5, 0.6) is 0 Å². The van der Waals surface area contributed by atoms with E-state index in [1.807, 2.05) is 0 Å². The Balaban J connectivity index is 3.80. The maximum atomic E-state index is 5.58. The van der Waals surface area contributed by atoms with Gasteiger partial charge >= 0.3 is 0 Å². The molecule has 0 aliphatic carbocycles. The van der Waals surface area contributed by atoms with Crippen molar-refractivity contribution in [2.45, 2.75) is 34.1 Å². The van der Waals surface area contributed by atoms with E-state index in [2.05, 4.69) is 27.7 Å². The van der Waals surface area contributed by atoms with Crippen molar-refractivity contribution in [1.29, 1.82) is 0 Å². The Morgan fingerprint density at radius 3 is 2.00 bits per heavy atom. The van der Waals surface area contributed by atoms with Crippen LogP contribution in [0.2, 0.25) is 0 Å². The maximum Gasteiger partial charge on any atom is -0.00233 e. The van der Waals surface area contributed by atoms with Gasteiger partial charge in [0.15, 0.2) is 0 Å². The van der Waals surface area contributed by atoms with Gasteiger partial charge < -0.3 is 5.73 Å². The van der Waals surface area contributed by atoms with Crippen molar-refractivity contribution in [1.82, 2.24) is 0 Å². The van der Waals surface area contributed by atoms with Gasteiger partial charge in [-0.3, -0.25) is 0 Å². The zero-order valence-corrected chi connectivity index (χ0v) is 7.07. The number of hydrogen-bond acceptors (Lipinski definition) is 1. The normalized spacial score (nSPS) is 15.7. The molecule has 0 aromatic heterocycles. The van der Waals surface area contributed by atoms with E-state index >= 15 is 0 Å². The van der Waals surface area contributed by atoms with Crippen LogP contribution in [0.4, 0.5) is 0 Å². The van der Waals surface area contributed by atoms with Crippen LogP contribution in [0.25, 0.3) is 0 Å². The minimum atomic E-state index is 0.328. The predicted molar refractivity (Wildman–Crippen MR) is 42.3 cm³/mol. The third-order valence-corrected chi connectivity index (χ3v) is 2.47. The van der Waals surface area contributed by atoms with E-state index in [0.29, 0.717) is 5.41 Å². The number of nitrogens with two attached hydrogens (primary N) is 1. The van der Waals surface area contributed by atoms with Gasteiger partial charge in [-0.2, -0.15) is 0 Å². The zero-order chi connectivity index (χ0) is 7.49. The highest BCUT2D eigenvalue weighted by molar-refractivity contribution is 4.74. The largest absolute Gasteiger partial charge is 0.330 e. The molecular weight excluding hydrogens is 110 g/mol. The van der Waals surface area contributed by atoms with Crippen molar-refractivity contribution in [2.75, 3.05) is 6.54 Å². The molecule has 0 radical (unpaired) electrons. The van der Waals surface area contributed by atoms with Crippen LogP contribution in [0.15, 0.2) is 0 Å². The molecule has 56 valence electrons. The van der Waals surface area contributed by atoms with E-state index in [4.69, 9.17) is 5.73 Å². The summed E-state index contributed by atoms with van der Waals surface area (Å²) < 4.78 is 0. The lowest BCUT2D eigenvalue weighted by Crippen LogP contribution is -2.30. The van der Waals surface area contributed by atoms with Gasteiger partial charge in [0.1, 0.15) is 0 Å². The molecule has 0 bridgehead atoms. The van der Waals surface area contributed by atoms with Crippen LogP contribution >= 0.6 is 0 Å². The molecule has 0 aromatic rings. The molecule has 0 fully saturated rings. The van der Waals surface area contributed by atoms with Crippen molar-refractivity contribution in [3.8, 4) is 0 Å². The van der Waals surface area contributed by atoms with Crippen molar-refractivity contribution >= 4 is 0 Å².